The molecule has 2 aromatic carbocycles. The van der Waals surface area contributed by atoms with Gasteiger partial charge >= 0.3 is 0 Å². The number of ketones is 1. The molecular formula is C17H21ClN2O7S2. The van der Waals surface area contributed by atoms with Gasteiger partial charge in [0.15, 0.2) is 11.5 Å². The summed E-state index contributed by atoms with van der Waals surface area (Å²) in [5.41, 5.74) is 5.13. The van der Waals surface area contributed by atoms with Gasteiger partial charge in [0, 0.05) is 6.07 Å². The quantitative estimate of drug-likeness (QED) is 0.584. The zero-order valence-corrected chi connectivity index (χ0v) is 18.3. The van der Waals surface area contributed by atoms with Gasteiger partial charge in [0.1, 0.15) is 17.2 Å². The Labute approximate surface area is 175 Å². The molecule has 2 N–H and O–H groups in total. The number of sulfonamides is 2. The minimum atomic E-state index is -4.25. The van der Waals surface area contributed by atoms with Crippen LogP contribution >= 0.6 is 12.4 Å². The van der Waals surface area contributed by atoms with Crippen molar-refractivity contribution in [3.8, 4) is 17.2 Å². The van der Waals surface area contributed by atoms with E-state index < -0.39 is 25.8 Å². The standard InChI is InChI=1S/C17H20N2O7S2.ClH/c1-25-16-10-14(19(27(2,21)22)28(3,23)24)17(9-13(16)15(20)11-18)26-12-7-5-4-6-8-12;/h4-10H,11,18H2,1-3H3;1H. The maximum Gasteiger partial charge on any atom is 0.245 e. The molecule has 0 heterocycles. The second-order valence-electron chi connectivity index (χ2n) is 5.79. The van der Waals surface area contributed by atoms with Gasteiger partial charge in [0.05, 0.1) is 31.7 Å². The topological polar surface area (TPSA) is 133 Å². The number of Topliss-reactive ketones (excluding diaryl/α,β-unsaturated/α-hetero) is 1. The third-order valence-corrected chi connectivity index (χ3v) is 6.76. The number of halogens is 1. The molecule has 0 fully saturated rings. The fraction of sp³-hybridized carbons (Fsp3) is 0.235. The molecule has 0 aromatic heterocycles. The highest BCUT2D eigenvalue weighted by Crippen LogP contribution is 2.40. The van der Waals surface area contributed by atoms with Crippen LogP contribution in [0.2, 0.25) is 0 Å². The first-order chi connectivity index (χ1) is 13.0. The molecule has 0 spiro atoms. The molecule has 0 unspecified atom stereocenters. The molecule has 0 aliphatic carbocycles. The van der Waals surface area contributed by atoms with Crippen molar-refractivity contribution < 1.29 is 31.1 Å². The highest BCUT2D eigenvalue weighted by atomic mass is 35.5. The summed E-state index contributed by atoms with van der Waals surface area (Å²) in [6, 6.07) is 10.6. The average molecular weight is 465 g/mol. The monoisotopic (exact) mass is 464 g/mol. The van der Waals surface area contributed by atoms with E-state index >= 15 is 0 Å². The second-order valence-corrected chi connectivity index (χ2v) is 9.68. The van der Waals surface area contributed by atoms with Crippen molar-refractivity contribution in [1.29, 1.82) is 0 Å². The number of rotatable bonds is 8. The number of carbonyl (C=O) groups excluding carboxylic acids is 1. The maximum absolute atomic E-state index is 12.2. The Morgan fingerprint density at radius 1 is 1.00 bits per heavy atom. The third kappa shape index (κ3) is 5.82. The van der Waals surface area contributed by atoms with Gasteiger partial charge in [0.25, 0.3) is 0 Å². The van der Waals surface area contributed by atoms with Crippen LogP contribution < -0.4 is 18.9 Å². The molecule has 0 aliphatic rings. The van der Waals surface area contributed by atoms with Gasteiger partial charge in [-0.3, -0.25) is 4.79 Å². The van der Waals surface area contributed by atoms with E-state index in [4.69, 9.17) is 15.2 Å². The summed E-state index contributed by atoms with van der Waals surface area (Å²) in [6.07, 6.45) is 1.48. The van der Waals surface area contributed by atoms with Crippen LogP contribution in [0.3, 0.4) is 0 Å². The van der Waals surface area contributed by atoms with E-state index in [9.17, 15) is 21.6 Å². The molecule has 0 bridgehead atoms. The predicted octanol–water partition coefficient (Wildman–Crippen LogP) is 1.78. The van der Waals surface area contributed by atoms with Gasteiger partial charge < -0.3 is 15.2 Å². The summed E-state index contributed by atoms with van der Waals surface area (Å²) in [5, 5.41) is 0. The largest absolute Gasteiger partial charge is 0.496 e. The van der Waals surface area contributed by atoms with E-state index in [1.54, 1.807) is 30.3 Å². The van der Waals surface area contributed by atoms with Crippen LogP contribution in [0, 0.1) is 0 Å². The van der Waals surface area contributed by atoms with E-state index in [0.717, 1.165) is 18.6 Å². The molecule has 0 saturated carbocycles. The van der Waals surface area contributed by atoms with Crippen molar-refractivity contribution in [2.45, 2.75) is 0 Å². The lowest BCUT2D eigenvalue weighted by Gasteiger charge is -2.24. The van der Waals surface area contributed by atoms with Crippen molar-refractivity contribution in [1.82, 2.24) is 0 Å². The molecule has 2 aromatic rings. The highest BCUT2D eigenvalue weighted by Gasteiger charge is 2.32. The number of hydrogen-bond acceptors (Lipinski definition) is 8. The van der Waals surface area contributed by atoms with Gasteiger partial charge in [-0.2, -0.15) is 3.71 Å². The van der Waals surface area contributed by atoms with Gasteiger partial charge in [-0.25, -0.2) is 16.8 Å². The number of nitrogens with zero attached hydrogens (tertiary/aromatic N) is 1. The van der Waals surface area contributed by atoms with Crippen molar-refractivity contribution in [3.05, 3.63) is 48.0 Å². The van der Waals surface area contributed by atoms with E-state index in [-0.39, 0.29) is 45.4 Å². The van der Waals surface area contributed by atoms with Crippen LogP contribution in [0.1, 0.15) is 10.4 Å². The van der Waals surface area contributed by atoms with Gasteiger partial charge in [-0.05, 0) is 18.2 Å². The molecule has 12 heteroatoms. The van der Waals surface area contributed by atoms with E-state index in [0.29, 0.717) is 5.75 Å². The van der Waals surface area contributed by atoms with Crippen LogP contribution in [0.5, 0.6) is 17.2 Å². The number of ether oxygens (including phenoxy) is 2. The number of para-hydroxylation sites is 1. The number of anilines is 1. The summed E-state index contributed by atoms with van der Waals surface area (Å²) in [6.45, 7) is -0.331. The first kappa shape index (κ1) is 24.7. The smallest absolute Gasteiger partial charge is 0.245 e. The molecule has 0 aliphatic heterocycles. The zero-order valence-electron chi connectivity index (χ0n) is 15.9. The molecule has 0 amide bonds. The Hall–Kier alpha value is -2.34. The SMILES string of the molecule is COc1cc(N(S(C)(=O)=O)S(C)(=O)=O)c(Oc2ccccc2)cc1C(=O)CN.Cl. The number of carbonyl (C=O) groups is 1. The van der Waals surface area contributed by atoms with E-state index in [2.05, 4.69) is 0 Å². The lowest BCUT2D eigenvalue weighted by Crippen LogP contribution is -2.35. The highest BCUT2D eigenvalue weighted by molar-refractivity contribution is 8.09. The first-order valence-electron chi connectivity index (χ1n) is 7.87. The van der Waals surface area contributed by atoms with Gasteiger partial charge in [-0.1, -0.05) is 18.2 Å². The average Bonchev–Trinajstić information content (AvgIpc) is 2.60. The van der Waals surface area contributed by atoms with Gasteiger partial charge in [0.2, 0.25) is 20.0 Å². The summed E-state index contributed by atoms with van der Waals surface area (Å²) in [4.78, 5) is 12.2. The van der Waals surface area contributed by atoms with Crippen LogP contribution in [0.4, 0.5) is 5.69 Å². The first-order valence-corrected chi connectivity index (χ1v) is 11.6. The Morgan fingerprint density at radius 2 is 1.55 bits per heavy atom. The third-order valence-electron chi connectivity index (χ3n) is 3.54. The summed E-state index contributed by atoms with van der Waals surface area (Å²) < 4.78 is 59.9. The fourth-order valence-corrected chi connectivity index (χ4v) is 5.46. The second kappa shape index (κ2) is 9.44. The van der Waals surface area contributed by atoms with Gasteiger partial charge in [-0.15, -0.1) is 12.4 Å². The van der Waals surface area contributed by atoms with E-state index in [1.807, 2.05) is 0 Å². The predicted molar refractivity (Wildman–Crippen MR) is 112 cm³/mol. The lowest BCUT2D eigenvalue weighted by molar-refractivity contribution is 0.0998. The number of benzene rings is 2. The lowest BCUT2D eigenvalue weighted by atomic mass is 10.1. The normalized spacial score (nSPS) is 11.3. The minimum absolute atomic E-state index is 0. The number of hydrogen-bond donors (Lipinski definition) is 1. The molecule has 0 radical (unpaired) electrons. The van der Waals surface area contributed by atoms with Crippen LogP contribution in [-0.4, -0.2) is 48.8 Å². The Balaban J connectivity index is 0.00000420. The van der Waals surface area contributed by atoms with Crippen molar-refractivity contribution in [3.63, 3.8) is 0 Å². The maximum atomic E-state index is 12.2. The zero-order chi connectivity index (χ0) is 21.1. The molecule has 0 atom stereocenters. The minimum Gasteiger partial charge on any atom is -0.496 e. The van der Waals surface area contributed by atoms with Crippen molar-refractivity contribution in [2.75, 3.05) is 29.9 Å². The summed E-state index contributed by atoms with van der Waals surface area (Å²) in [7, 11) is -7.25. The van der Waals surface area contributed by atoms with E-state index in [1.165, 1.54) is 13.2 Å². The molecule has 9 nitrogen and oxygen atoms in total. The Kier molecular flexibility index (Phi) is 8.04. The van der Waals surface area contributed by atoms with Crippen molar-refractivity contribution >= 4 is 43.9 Å². The Bertz CT molecular complexity index is 1060. The summed E-state index contributed by atoms with van der Waals surface area (Å²) in [5.74, 6) is -0.392. The number of methoxy groups -OCH3 is 1. The van der Waals surface area contributed by atoms with Crippen LogP contribution in [0.25, 0.3) is 0 Å². The fourth-order valence-electron chi connectivity index (χ4n) is 2.49. The molecular weight excluding hydrogens is 444 g/mol. The molecule has 2 rings (SSSR count). The Morgan fingerprint density at radius 3 is 2.00 bits per heavy atom. The molecule has 29 heavy (non-hydrogen) atoms. The van der Waals surface area contributed by atoms with Crippen molar-refractivity contribution in [2.24, 2.45) is 5.73 Å². The number of nitrogens with two attached hydrogens (primary N) is 1. The summed E-state index contributed by atoms with van der Waals surface area (Å²) >= 11 is 0. The van der Waals surface area contributed by atoms with Crippen LogP contribution in [-0.2, 0) is 20.0 Å². The molecule has 0 saturated heterocycles. The van der Waals surface area contributed by atoms with Crippen LogP contribution in [0.15, 0.2) is 42.5 Å². The molecule has 160 valence electrons.